The Balaban J connectivity index is 2.82. The Labute approximate surface area is 136 Å². The number of carbonyl (C=O) groups excluding carboxylic acids is 1. The minimum atomic E-state index is -0.0509. The van der Waals surface area contributed by atoms with E-state index in [0.717, 1.165) is 17.5 Å². The highest BCUT2D eigenvalue weighted by atomic mass is 79.9. The van der Waals surface area contributed by atoms with Crippen LogP contribution in [-0.2, 0) is 0 Å². The fourth-order valence-corrected chi connectivity index (χ4v) is 2.51. The summed E-state index contributed by atoms with van der Waals surface area (Å²) in [4.78, 5) is 12.4. The van der Waals surface area contributed by atoms with Gasteiger partial charge in [-0.05, 0) is 43.9 Å². The predicted molar refractivity (Wildman–Crippen MR) is 91.3 cm³/mol. The van der Waals surface area contributed by atoms with E-state index in [0.29, 0.717) is 5.56 Å². The lowest BCUT2D eigenvalue weighted by Gasteiger charge is -2.31. The average Bonchev–Trinajstić information content (AvgIpc) is 2.36. The lowest BCUT2D eigenvalue weighted by Crippen LogP contribution is -2.44. The summed E-state index contributed by atoms with van der Waals surface area (Å²) < 4.78 is 5.64. The zero-order valence-electron chi connectivity index (χ0n) is 13.6. The third kappa shape index (κ3) is 6.08. The van der Waals surface area contributed by atoms with Crippen LogP contribution >= 0.6 is 15.9 Å². The molecule has 0 heterocycles. The molecule has 0 aliphatic carbocycles. The molecule has 1 unspecified atom stereocenters. The quantitative estimate of drug-likeness (QED) is 0.767. The summed E-state index contributed by atoms with van der Waals surface area (Å²) in [5.41, 5.74) is 0.659. The molecule has 0 fully saturated rings. The molecule has 0 aliphatic rings. The Morgan fingerprint density at radius 3 is 2.52 bits per heavy atom. The van der Waals surface area contributed by atoms with E-state index in [1.165, 1.54) is 0 Å². The van der Waals surface area contributed by atoms with Gasteiger partial charge in [-0.2, -0.15) is 0 Å². The maximum absolute atomic E-state index is 12.4. The highest BCUT2D eigenvalue weighted by molar-refractivity contribution is 9.09. The maximum atomic E-state index is 12.4. The van der Waals surface area contributed by atoms with Crippen molar-refractivity contribution in [3.63, 3.8) is 0 Å². The molecule has 0 spiro atoms. The molecule has 1 aromatic carbocycles. The van der Waals surface area contributed by atoms with Crippen LogP contribution in [0.4, 0.5) is 0 Å². The van der Waals surface area contributed by atoms with Crippen LogP contribution in [0.15, 0.2) is 24.3 Å². The van der Waals surface area contributed by atoms with Crippen molar-refractivity contribution >= 4 is 21.8 Å². The number of hydrogen-bond acceptors (Lipinski definition) is 2. The van der Waals surface area contributed by atoms with Crippen molar-refractivity contribution in [3.05, 3.63) is 29.8 Å². The number of amides is 1. The summed E-state index contributed by atoms with van der Waals surface area (Å²) in [6.07, 6.45) is 0.997. The number of rotatable bonds is 6. The topological polar surface area (TPSA) is 38.3 Å². The van der Waals surface area contributed by atoms with E-state index in [4.69, 9.17) is 4.74 Å². The van der Waals surface area contributed by atoms with Crippen LogP contribution in [0.1, 0.15) is 51.4 Å². The highest BCUT2D eigenvalue weighted by Gasteiger charge is 2.26. The molecule has 1 aromatic rings. The van der Waals surface area contributed by atoms with Crippen LogP contribution in [0, 0.1) is 5.41 Å². The first kappa shape index (κ1) is 18.0. The summed E-state index contributed by atoms with van der Waals surface area (Å²) in [7, 11) is 0. The molecule has 118 valence electrons. The monoisotopic (exact) mass is 355 g/mol. The van der Waals surface area contributed by atoms with Gasteiger partial charge in [0.25, 0.3) is 5.91 Å². The fourth-order valence-electron chi connectivity index (χ4n) is 2.06. The number of hydrogen-bond donors (Lipinski definition) is 1. The van der Waals surface area contributed by atoms with E-state index >= 15 is 0 Å². The number of halogens is 1. The smallest absolute Gasteiger partial charge is 0.251 e. The number of benzene rings is 1. The molecule has 4 heteroatoms. The van der Waals surface area contributed by atoms with Gasteiger partial charge in [0.2, 0.25) is 0 Å². The van der Waals surface area contributed by atoms with E-state index in [1.54, 1.807) is 6.07 Å². The molecular weight excluding hydrogens is 330 g/mol. The summed E-state index contributed by atoms with van der Waals surface area (Å²) in [6, 6.07) is 7.46. The Morgan fingerprint density at radius 1 is 1.33 bits per heavy atom. The molecule has 0 bridgehead atoms. The summed E-state index contributed by atoms with van der Waals surface area (Å²) in [6.45, 7) is 10.4. The SMILES string of the molecule is CC(C)Oc1cccc(C(=O)NC(CCBr)C(C)(C)C)c1. The van der Waals surface area contributed by atoms with E-state index in [1.807, 2.05) is 32.0 Å². The molecule has 21 heavy (non-hydrogen) atoms. The van der Waals surface area contributed by atoms with Crippen molar-refractivity contribution in [1.29, 1.82) is 0 Å². The van der Waals surface area contributed by atoms with Gasteiger partial charge >= 0.3 is 0 Å². The van der Waals surface area contributed by atoms with Gasteiger partial charge in [-0.3, -0.25) is 4.79 Å². The summed E-state index contributed by atoms with van der Waals surface area (Å²) in [5, 5.41) is 4.00. The molecule has 0 saturated heterocycles. The Hall–Kier alpha value is -1.03. The molecular formula is C17H26BrNO2. The Morgan fingerprint density at radius 2 is 2.00 bits per heavy atom. The molecule has 1 N–H and O–H groups in total. The summed E-state index contributed by atoms with van der Waals surface area (Å²) >= 11 is 3.46. The van der Waals surface area contributed by atoms with Crippen LogP contribution in [0.2, 0.25) is 0 Å². The summed E-state index contributed by atoms with van der Waals surface area (Å²) in [5.74, 6) is 0.676. The zero-order valence-corrected chi connectivity index (χ0v) is 15.2. The maximum Gasteiger partial charge on any atom is 0.251 e. The van der Waals surface area contributed by atoms with Crippen LogP contribution in [-0.4, -0.2) is 23.4 Å². The molecule has 0 aromatic heterocycles. The molecule has 0 aliphatic heterocycles. The third-order valence-electron chi connectivity index (χ3n) is 3.22. The van der Waals surface area contributed by atoms with Crippen LogP contribution < -0.4 is 10.1 Å². The number of ether oxygens (including phenoxy) is 1. The van der Waals surface area contributed by atoms with Gasteiger partial charge in [-0.1, -0.05) is 42.8 Å². The molecule has 0 saturated carbocycles. The number of carbonyl (C=O) groups is 1. The number of nitrogens with one attached hydrogen (secondary N) is 1. The normalized spacial score (nSPS) is 13.1. The number of alkyl halides is 1. The van der Waals surface area contributed by atoms with Gasteiger partial charge < -0.3 is 10.1 Å². The predicted octanol–water partition coefficient (Wildman–Crippen LogP) is 4.40. The molecule has 0 radical (unpaired) electrons. The minimum Gasteiger partial charge on any atom is -0.491 e. The van der Waals surface area contributed by atoms with Crippen molar-refractivity contribution in [1.82, 2.24) is 5.32 Å². The van der Waals surface area contributed by atoms with Crippen LogP contribution in [0.5, 0.6) is 5.75 Å². The van der Waals surface area contributed by atoms with Crippen molar-refractivity contribution in [2.24, 2.45) is 5.41 Å². The lowest BCUT2D eigenvalue weighted by atomic mass is 9.85. The first-order valence-corrected chi connectivity index (χ1v) is 8.49. The first-order chi connectivity index (χ1) is 9.74. The van der Waals surface area contributed by atoms with Gasteiger partial charge in [0, 0.05) is 16.9 Å². The van der Waals surface area contributed by atoms with E-state index in [2.05, 4.69) is 42.0 Å². The van der Waals surface area contributed by atoms with Crippen LogP contribution in [0.3, 0.4) is 0 Å². The van der Waals surface area contributed by atoms with Gasteiger partial charge in [0.15, 0.2) is 0 Å². The Kier molecular flexibility index (Phi) is 6.72. The average molecular weight is 356 g/mol. The highest BCUT2D eigenvalue weighted by Crippen LogP contribution is 2.23. The van der Waals surface area contributed by atoms with Crippen molar-refractivity contribution < 1.29 is 9.53 Å². The third-order valence-corrected chi connectivity index (χ3v) is 3.67. The van der Waals surface area contributed by atoms with E-state index in [-0.39, 0.29) is 23.5 Å². The van der Waals surface area contributed by atoms with Crippen LogP contribution in [0.25, 0.3) is 0 Å². The molecule has 1 atom stereocenters. The lowest BCUT2D eigenvalue weighted by molar-refractivity contribution is 0.0900. The Bertz CT molecular complexity index is 466. The fraction of sp³-hybridized carbons (Fsp3) is 0.588. The zero-order chi connectivity index (χ0) is 16.0. The molecule has 3 nitrogen and oxygen atoms in total. The van der Waals surface area contributed by atoms with Gasteiger partial charge in [-0.15, -0.1) is 0 Å². The van der Waals surface area contributed by atoms with Crippen molar-refractivity contribution in [2.75, 3.05) is 5.33 Å². The second-order valence-corrected chi connectivity index (χ2v) is 7.36. The van der Waals surface area contributed by atoms with Gasteiger partial charge in [0.05, 0.1) is 6.10 Å². The molecule has 1 rings (SSSR count). The van der Waals surface area contributed by atoms with Crippen molar-refractivity contribution in [3.8, 4) is 5.75 Å². The second-order valence-electron chi connectivity index (χ2n) is 6.56. The van der Waals surface area contributed by atoms with E-state index in [9.17, 15) is 4.79 Å². The van der Waals surface area contributed by atoms with Gasteiger partial charge in [-0.25, -0.2) is 0 Å². The minimum absolute atomic E-state index is 0.0233. The molecule has 1 amide bonds. The van der Waals surface area contributed by atoms with E-state index < -0.39 is 0 Å². The van der Waals surface area contributed by atoms with Crippen molar-refractivity contribution in [2.45, 2.75) is 53.2 Å². The standard InChI is InChI=1S/C17H26BrNO2/c1-12(2)21-14-8-6-7-13(11-14)16(20)19-15(9-10-18)17(3,4)5/h6-8,11-12,15H,9-10H2,1-5H3,(H,19,20). The largest absolute Gasteiger partial charge is 0.491 e. The second kappa shape index (κ2) is 7.83. The first-order valence-electron chi connectivity index (χ1n) is 7.37. The van der Waals surface area contributed by atoms with Gasteiger partial charge in [0.1, 0.15) is 5.75 Å².